The van der Waals surface area contributed by atoms with Crippen molar-refractivity contribution in [2.24, 2.45) is 5.73 Å². The van der Waals surface area contributed by atoms with Crippen molar-refractivity contribution < 1.29 is 9.53 Å². The Kier molecular flexibility index (Phi) is 7.61. The van der Waals surface area contributed by atoms with Gasteiger partial charge in [0.2, 0.25) is 5.91 Å². The van der Waals surface area contributed by atoms with Crippen LogP contribution < -0.4 is 15.8 Å². The van der Waals surface area contributed by atoms with Crippen LogP contribution in [0.3, 0.4) is 0 Å². The minimum Gasteiger partial charge on any atom is -0.486 e. The Morgan fingerprint density at radius 2 is 1.95 bits per heavy atom. The van der Waals surface area contributed by atoms with Crippen molar-refractivity contribution in [3.05, 3.63) is 24.3 Å². The van der Waals surface area contributed by atoms with E-state index >= 15 is 0 Å². The number of halogens is 1. The Labute approximate surface area is 127 Å². The molecule has 114 valence electrons. The zero-order valence-electron chi connectivity index (χ0n) is 12.6. The molecule has 1 unspecified atom stereocenters. The van der Waals surface area contributed by atoms with E-state index in [2.05, 4.69) is 5.32 Å². The zero-order chi connectivity index (χ0) is 14.5. The lowest BCUT2D eigenvalue weighted by Crippen LogP contribution is -2.24. The van der Waals surface area contributed by atoms with Crippen LogP contribution in [0.4, 0.5) is 5.69 Å². The van der Waals surface area contributed by atoms with E-state index in [4.69, 9.17) is 10.5 Å². The molecule has 3 N–H and O–H groups in total. The molecule has 1 amide bonds. The van der Waals surface area contributed by atoms with Crippen molar-refractivity contribution in [1.82, 2.24) is 0 Å². The van der Waals surface area contributed by atoms with E-state index in [9.17, 15) is 4.79 Å². The van der Waals surface area contributed by atoms with Gasteiger partial charge < -0.3 is 15.8 Å². The molecule has 0 aliphatic carbocycles. The van der Waals surface area contributed by atoms with Crippen molar-refractivity contribution >= 4 is 24.0 Å². The highest BCUT2D eigenvalue weighted by molar-refractivity contribution is 5.92. The molecule has 0 radical (unpaired) electrons. The van der Waals surface area contributed by atoms with Gasteiger partial charge in [-0.15, -0.1) is 12.4 Å². The highest BCUT2D eigenvalue weighted by atomic mass is 35.5. The van der Waals surface area contributed by atoms with Gasteiger partial charge in [0, 0.05) is 12.5 Å². The van der Waals surface area contributed by atoms with E-state index < -0.39 is 0 Å². The number of rotatable bonds is 5. The van der Waals surface area contributed by atoms with E-state index in [1.54, 1.807) is 0 Å². The van der Waals surface area contributed by atoms with Gasteiger partial charge >= 0.3 is 0 Å². The quantitative estimate of drug-likeness (QED) is 0.876. The summed E-state index contributed by atoms with van der Waals surface area (Å²) in [6.07, 6.45) is 1.09. The third-order valence-electron chi connectivity index (χ3n) is 2.40. The minimum absolute atomic E-state index is 0. The normalized spacial score (nSPS) is 12.2. The van der Waals surface area contributed by atoms with Crippen LogP contribution >= 0.6 is 12.4 Å². The monoisotopic (exact) mass is 300 g/mol. The largest absolute Gasteiger partial charge is 0.486 e. The first-order chi connectivity index (χ1) is 8.78. The smallest absolute Gasteiger partial charge is 0.224 e. The zero-order valence-corrected chi connectivity index (χ0v) is 13.4. The lowest BCUT2D eigenvalue weighted by molar-refractivity contribution is -0.116. The molecule has 0 fully saturated rings. The number of hydrogen-bond donors (Lipinski definition) is 2. The standard InChI is InChI=1S/C15H24N2O2.ClH/c1-11(16)9-10-14(18)17-12-7-5-6-8-13(12)19-15(2,3)4;/h5-8,11H,9-10,16H2,1-4H3,(H,17,18);1H. The Morgan fingerprint density at radius 3 is 2.50 bits per heavy atom. The summed E-state index contributed by atoms with van der Waals surface area (Å²) in [6.45, 7) is 7.81. The number of nitrogens with one attached hydrogen (secondary N) is 1. The number of benzene rings is 1. The second kappa shape index (κ2) is 8.12. The Balaban J connectivity index is 0.00000361. The molecule has 0 aromatic heterocycles. The predicted molar refractivity (Wildman–Crippen MR) is 85.6 cm³/mol. The maximum absolute atomic E-state index is 11.8. The molecule has 1 aromatic rings. The second-order valence-corrected chi connectivity index (χ2v) is 5.77. The first-order valence-electron chi connectivity index (χ1n) is 6.61. The molecule has 0 heterocycles. The van der Waals surface area contributed by atoms with E-state index in [0.717, 1.165) is 0 Å². The summed E-state index contributed by atoms with van der Waals surface area (Å²) in [5.41, 5.74) is 6.04. The van der Waals surface area contributed by atoms with Crippen molar-refractivity contribution in [3.8, 4) is 5.75 Å². The lowest BCUT2D eigenvalue weighted by atomic mass is 10.1. The molecule has 0 spiro atoms. The fourth-order valence-electron chi connectivity index (χ4n) is 1.56. The van der Waals surface area contributed by atoms with Crippen molar-refractivity contribution in [2.75, 3.05) is 5.32 Å². The minimum atomic E-state index is -0.299. The average molecular weight is 301 g/mol. The molecular weight excluding hydrogens is 276 g/mol. The van der Waals surface area contributed by atoms with Gasteiger partial charge in [0.05, 0.1) is 5.69 Å². The Hall–Kier alpha value is -1.26. The third-order valence-corrected chi connectivity index (χ3v) is 2.40. The fraction of sp³-hybridized carbons (Fsp3) is 0.533. The molecule has 0 bridgehead atoms. The van der Waals surface area contributed by atoms with Crippen LogP contribution in [0.1, 0.15) is 40.5 Å². The van der Waals surface area contributed by atoms with Gasteiger partial charge in [-0.25, -0.2) is 0 Å². The van der Waals surface area contributed by atoms with E-state index in [1.807, 2.05) is 52.0 Å². The van der Waals surface area contributed by atoms with Gasteiger partial charge in [0.25, 0.3) is 0 Å². The maximum atomic E-state index is 11.8. The van der Waals surface area contributed by atoms with Crippen LogP contribution in [0, 0.1) is 0 Å². The number of nitrogens with two attached hydrogens (primary N) is 1. The number of carbonyl (C=O) groups is 1. The van der Waals surface area contributed by atoms with Crippen LogP contribution in [0.25, 0.3) is 0 Å². The lowest BCUT2D eigenvalue weighted by Gasteiger charge is -2.23. The summed E-state index contributed by atoms with van der Waals surface area (Å²) in [4.78, 5) is 11.8. The van der Waals surface area contributed by atoms with Crippen LogP contribution in [-0.2, 0) is 4.79 Å². The maximum Gasteiger partial charge on any atom is 0.224 e. The van der Waals surface area contributed by atoms with Gasteiger partial charge in [-0.1, -0.05) is 12.1 Å². The summed E-state index contributed by atoms with van der Waals surface area (Å²) in [5.74, 6) is 0.645. The fourth-order valence-corrected chi connectivity index (χ4v) is 1.56. The van der Waals surface area contributed by atoms with Crippen molar-refractivity contribution in [3.63, 3.8) is 0 Å². The van der Waals surface area contributed by atoms with Gasteiger partial charge in [-0.3, -0.25) is 4.79 Å². The number of hydrogen-bond acceptors (Lipinski definition) is 3. The van der Waals surface area contributed by atoms with E-state index in [0.29, 0.717) is 24.3 Å². The SMILES string of the molecule is CC(N)CCC(=O)Nc1ccccc1OC(C)(C)C.Cl. The molecule has 1 atom stereocenters. The first-order valence-corrected chi connectivity index (χ1v) is 6.61. The number of amides is 1. The molecule has 0 saturated heterocycles. The molecule has 1 aromatic carbocycles. The third kappa shape index (κ3) is 7.36. The molecule has 0 saturated carbocycles. The number of ether oxygens (including phenoxy) is 1. The summed E-state index contributed by atoms with van der Waals surface area (Å²) < 4.78 is 5.82. The summed E-state index contributed by atoms with van der Waals surface area (Å²) >= 11 is 0. The molecule has 0 aliphatic heterocycles. The molecule has 0 aliphatic rings. The predicted octanol–water partition coefficient (Wildman–Crippen LogP) is 3.35. The Morgan fingerprint density at radius 1 is 1.35 bits per heavy atom. The van der Waals surface area contributed by atoms with Crippen LogP contribution in [0.5, 0.6) is 5.75 Å². The van der Waals surface area contributed by atoms with Gasteiger partial charge in [0.1, 0.15) is 11.4 Å². The average Bonchev–Trinajstić information content (AvgIpc) is 2.27. The molecule has 5 heteroatoms. The topological polar surface area (TPSA) is 64.4 Å². The van der Waals surface area contributed by atoms with Crippen LogP contribution in [0.2, 0.25) is 0 Å². The summed E-state index contributed by atoms with van der Waals surface area (Å²) in [7, 11) is 0. The van der Waals surface area contributed by atoms with Crippen molar-refractivity contribution in [2.45, 2.75) is 52.2 Å². The number of anilines is 1. The van der Waals surface area contributed by atoms with Gasteiger partial charge in [0.15, 0.2) is 0 Å². The number of para-hydroxylation sites is 2. The van der Waals surface area contributed by atoms with Gasteiger partial charge in [-0.2, -0.15) is 0 Å². The summed E-state index contributed by atoms with van der Waals surface area (Å²) in [6, 6.07) is 7.49. The second-order valence-electron chi connectivity index (χ2n) is 5.77. The molecular formula is C15H25ClN2O2. The van der Waals surface area contributed by atoms with E-state index in [-0.39, 0.29) is 30.0 Å². The van der Waals surface area contributed by atoms with Crippen LogP contribution in [-0.4, -0.2) is 17.6 Å². The van der Waals surface area contributed by atoms with Crippen molar-refractivity contribution in [1.29, 1.82) is 0 Å². The van der Waals surface area contributed by atoms with Gasteiger partial charge in [-0.05, 0) is 46.2 Å². The Bertz CT molecular complexity index is 428. The molecule has 1 rings (SSSR count). The highest BCUT2D eigenvalue weighted by Crippen LogP contribution is 2.27. The molecule has 20 heavy (non-hydrogen) atoms. The molecule has 4 nitrogen and oxygen atoms in total. The number of carbonyl (C=O) groups excluding carboxylic acids is 1. The van der Waals surface area contributed by atoms with E-state index in [1.165, 1.54) is 0 Å². The highest BCUT2D eigenvalue weighted by Gasteiger charge is 2.15. The van der Waals surface area contributed by atoms with Crippen LogP contribution in [0.15, 0.2) is 24.3 Å². The summed E-state index contributed by atoms with van der Waals surface area (Å²) in [5, 5.41) is 2.87. The first kappa shape index (κ1) is 18.7.